The lowest BCUT2D eigenvalue weighted by Crippen LogP contribution is -2.29. The molecule has 3 aromatic rings. The third-order valence-electron chi connectivity index (χ3n) is 8.08. The summed E-state index contributed by atoms with van der Waals surface area (Å²) in [6, 6.07) is 7.01. The van der Waals surface area contributed by atoms with E-state index in [1.807, 2.05) is 6.07 Å². The van der Waals surface area contributed by atoms with Gasteiger partial charge in [0.2, 0.25) is 5.75 Å². The Morgan fingerprint density at radius 3 is 2.25 bits per heavy atom. The summed E-state index contributed by atoms with van der Waals surface area (Å²) in [6.07, 6.45) is -0.220. The van der Waals surface area contributed by atoms with Crippen LogP contribution < -0.4 is 29.0 Å². The van der Waals surface area contributed by atoms with E-state index in [4.69, 9.17) is 23.7 Å². The van der Waals surface area contributed by atoms with Crippen LogP contribution in [0.3, 0.4) is 0 Å². The minimum atomic E-state index is -1.03. The maximum atomic E-state index is 11.8. The first-order valence-corrected chi connectivity index (χ1v) is 13.3. The lowest BCUT2D eigenvalue weighted by atomic mass is 9.74. The highest BCUT2D eigenvalue weighted by molar-refractivity contribution is 5.93. The highest BCUT2D eigenvalue weighted by Crippen LogP contribution is 2.57. The van der Waals surface area contributed by atoms with E-state index in [1.165, 1.54) is 14.2 Å². The molecule has 0 bridgehead atoms. The van der Waals surface area contributed by atoms with Crippen molar-refractivity contribution in [3.63, 3.8) is 0 Å². The molecule has 1 aliphatic carbocycles. The van der Waals surface area contributed by atoms with Gasteiger partial charge in [-0.25, -0.2) is 0 Å². The first-order chi connectivity index (χ1) is 19.4. The number of aliphatic hydroxyl groups excluding tert-OH is 3. The molecule has 212 valence electrons. The summed E-state index contributed by atoms with van der Waals surface area (Å²) in [6.45, 7) is 0.482. The normalized spacial score (nSPS) is 20.0. The monoisotopic (exact) mass is 551 g/mol. The van der Waals surface area contributed by atoms with Crippen LogP contribution in [0.5, 0.6) is 34.5 Å². The van der Waals surface area contributed by atoms with Crippen LogP contribution in [-0.4, -0.2) is 61.6 Å². The molecule has 0 saturated carbocycles. The Balaban J connectivity index is 1.50. The number of ether oxygens (including phenoxy) is 5. The van der Waals surface area contributed by atoms with Crippen LogP contribution in [0.1, 0.15) is 52.5 Å². The van der Waals surface area contributed by atoms with Gasteiger partial charge in [-0.1, -0.05) is 0 Å². The van der Waals surface area contributed by atoms with Gasteiger partial charge in [0, 0.05) is 59.0 Å². The van der Waals surface area contributed by atoms with Crippen LogP contribution >= 0.6 is 0 Å². The van der Waals surface area contributed by atoms with Crippen molar-refractivity contribution < 1.29 is 44.1 Å². The van der Waals surface area contributed by atoms with Crippen molar-refractivity contribution in [2.24, 2.45) is 0 Å². The average Bonchev–Trinajstić information content (AvgIpc) is 2.96. The molecule has 3 aliphatic rings. The Labute approximate surface area is 231 Å². The van der Waals surface area contributed by atoms with Gasteiger partial charge in [-0.15, -0.1) is 0 Å². The van der Waals surface area contributed by atoms with Crippen molar-refractivity contribution in [2.75, 3.05) is 46.5 Å². The van der Waals surface area contributed by atoms with E-state index >= 15 is 0 Å². The van der Waals surface area contributed by atoms with Gasteiger partial charge in [0.25, 0.3) is 0 Å². The van der Waals surface area contributed by atoms with E-state index in [-0.39, 0.29) is 37.1 Å². The van der Waals surface area contributed by atoms with E-state index < -0.39 is 18.2 Å². The van der Waals surface area contributed by atoms with Gasteiger partial charge in [-0.3, -0.25) is 0 Å². The van der Waals surface area contributed by atoms with Gasteiger partial charge in [-0.2, -0.15) is 0 Å². The predicted molar refractivity (Wildman–Crippen MR) is 146 cm³/mol. The minimum absolute atomic E-state index is 0.00480. The molecule has 0 radical (unpaired) electrons. The van der Waals surface area contributed by atoms with Gasteiger partial charge in [0.05, 0.1) is 46.2 Å². The number of aromatic hydroxyl groups is 1. The van der Waals surface area contributed by atoms with E-state index in [2.05, 4.69) is 5.32 Å². The zero-order valence-corrected chi connectivity index (χ0v) is 22.6. The molecule has 2 heterocycles. The number of phenolic OH excluding ortho intramolecular Hbond substituents is 1. The Morgan fingerprint density at radius 2 is 1.57 bits per heavy atom. The Morgan fingerprint density at radius 1 is 0.875 bits per heavy atom. The van der Waals surface area contributed by atoms with Gasteiger partial charge in [0.1, 0.15) is 17.2 Å². The summed E-state index contributed by atoms with van der Waals surface area (Å²) in [5.74, 6) is 1.65. The Kier molecular flexibility index (Phi) is 6.77. The molecule has 0 fully saturated rings. The summed E-state index contributed by atoms with van der Waals surface area (Å²) in [5, 5.41) is 45.9. The molecule has 6 rings (SSSR count). The van der Waals surface area contributed by atoms with E-state index in [0.29, 0.717) is 58.9 Å². The Bertz CT molecular complexity index is 1450. The molecule has 10 heteroatoms. The second kappa shape index (κ2) is 10.3. The number of methoxy groups -OCH3 is 3. The topological polar surface area (TPSA) is 139 Å². The van der Waals surface area contributed by atoms with Crippen LogP contribution in [0.2, 0.25) is 0 Å². The number of benzene rings is 3. The highest BCUT2D eigenvalue weighted by Gasteiger charge is 2.41. The minimum Gasteiger partial charge on any atom is -0.502 e. The van der Waals surface area contributed by atoms with Crippen molar-refractivity contribution in [1.29, 1.82) is 0 Å². The van der Waals surface area contributed by atoms with E-state index in [9.17, 15) is 20.4 Å². The fraction of sp³-hybridized carbons (Fsp3) is 0.400. The lowest BCUT2D eigenvalue weighted by molar-refractivity contribution is 0.0878. The summed E-state index contributed by atoms with van der Waals surface area (Å²) in [7, 11) is 4.54. The molecule has 5 N–H and O–H groups in total. The number of hydrogen-bond donors (Lipinski definition) is 5. The lowest BCUT2D eigenvalue weighted by Gasteiger charge is -2.39. The van der Waals surface area contributed by atoms with E-state index in [0.717, 1.165) is 22.3 Å². The standard InChI is InChI=1S/C30H33NO9/c1-36-19-12-21(39-8-4-7-32)27-26-15(19)5-6-16-24(26)18(31-30(27)35)11-20-25(16)28(33)17(13-40-20)14-9-22(37-2)29(34)23(10-14)38-3/h9-12,17,28,30-35H,4-8,13H2,1-3H3. The van der Waals surface area contributed by atoms with Crippen LogP contribution in [0.15, 0.2) is 24.3 Å². The van der Waals surface area contributed by atoms with Gasteiger partial charge < -0.3 is 49.4 Å². The molecule has 40 heavy (non-hydrogen) atoms. The molecule has 2 aliphatic heterocycles. The predicted octanol–water partition coefficient (Wildman–Crippen LogP) is 3.57. The molecule has 0 spiro atoms. The molecule has 0 aromatic heterocycles. The molecule has 3 aromatic carbocycles. The van der Waals surface area contributed by atoms with Crippen molar-refractivity contribution in [3.8, 4) is 45.6 Å². The number of nitrogens with one attached hydrogen (secondary N) is 1. The van der Waals surface area contributed by atoms with Gasteiger partial charge in [0.15, 0.2) is 17.7 Å². The molecule has 3 unspecified atom stereocenters. The summed E-state index contributed by atoms with van der Waals surface area (Å²) >= 11 is 0. The number of rotatable bonds is 8. The molecular weight excluding hydrogens is 518 g/mol. The summed E-state index contributed by atoms with van der Waals surface area (Å²) in [4.78, 5) is 0. The fourth-order valence-electron chi connectivity index (χ4n) is 6.22. The SMILES string of the molecule is COc1cc(C2COc3cc4c5c(c3C2O)CCc2c(OC)cc(OCCCO)c(c2-5)C(O)N4)cc(OC)c1O. The average molecular weight is 552 g/mol. The highest BCUT2D eigenvalue weighted by atomic mass is 16.5. The number of aliphatic hydroxyl groups is 3. The third kappa shape index (κ3) is 3.97. The molecule has 0 amide bonds. The summed E-state index contributed by atoms with van der Waals surface area (Å²) in [5.41, 5.74) is 6.35. The second-order valence-electron chi connectivity index (χ2n) is 10.1. The van der Waals surface area contributed by atoms with Crippen LogP contribution in [0.4, 0.5) is 5.69 Å². The smallest absolute Gasteiger partial charge is 0.200 e. The quantitative estimate of drug-likeness (QED) is 0.264. The van der Waals surface area contributed by atoms with Crippen LogP contribution in [0.25, 0.3) is 11.1 Å². The number of hydrogen-bond acceptors (Lipinski definition) is 10. The van der Waals surface area contributed by atoms with Crippen LogP contribution in [-0.2, 0) is 12.8 Å². The van der Waals surface area contributed by atoms with Crippen LogP contribution in [0, 0.1) is 0 Å². The zero-order chi connectivity index (χ0) is 28.1. The zero-order valence-electron chi connectivity index (χ0n) is 22.6. The Hall–Kier alpha value is -3.86. The van der Waals surface area contributed by atoms with Gasteiger partial charge >= 0.3 is 0 Å². The molecule has 0 saturated heterocycles. The maximum absolute atomic E-state index is 11.8. The van der Waals surface area contributed by atoms with Crippen molar-refractivity contribution >= 4 is 5.69 Å². The maximum Gasteiger partial charge on any atom is 0.200 e. The number of phenols is 1. The van der Waals surface area contributed by atoms with Crippen molar-refractivity contribution in [3.05, 3.63) is 52.1 Å². The van der Waals surface area contributed by atoms with Crippen molar-refractivity contribution in [1.82, 2.24) is 0 Å². The summed E-state index contributed by atoms with van der Waals surface area (Å²) < 4.78 is 28.7. The fourth-order valence-corrected chi connectivity index (χ4v) is 6.22. The molecular formula is C30H33NO9. The first-order valence-electron chi connectivity index (χ1n) is 13.3. The third-order valence-corrected chi connectivity index (χ3v) is 8.08. The number of anilines is 1. The molecule has 3 atom stereocenters. The number of fused-ring (bicyclic) bond motifs is 2. The first kappa shape index (κ1) is 26.4. The second-order valence-corrected chi connectivity index (χ2v) is 10.1. The van der Waals surface area contributed by atoms with Crippen molar-refractivity contribution in [2.45, 2.75) is 37.5 Å². The molecule has 10 nitrogen and oxygen atoms in total. The largest absolute Gasteiger partial charge is 0.502 e. The van der Waals surface area contributed by atoms with Gasteiger partial charge in [-0.05, 0) is 36.1 Å². The van der Waals surface area contributed by atoms with E-state index in [1.54, 1.807) is 25.3 Å².